The minimum atomic E-state index is -0.649. The SMILES string of the molecule is Cc1nn(C(C)(C)C)c(NC(C)O)c1N. The zero-order chi connectivity index (χ0) is 11.8. The van der Waals surface area contributed by atoms with E-state index in [9.17, 15) is 5.11 Å². The van der Waals surface area contributed by atoms with Crippen LogP contribution < -0.4 is 11.1 Å². The van der Waals surface area contributed by atoms with Crippen LogP contribution in [0.5, 0.6) is 0 Å². The summed E-state index contributed by atoms with van der Waals surface area (Å²) >= 11 is 0. The quantitative estimate of drug-likeness (QED) is 0.645. The Balaban J connectivity index is 3.21. The molecule has 15 heavy (non-hydrogen) atoms. The minimum Gasteiger partial charge on any atom is -0.394 e. The maximum absolute atomic E-state index is 9.32. The van der Waals surface area contributed by atoms with Crippen LogP contribution in [0.1, 0.15) is 33.4 Å². The molecule has 0 aliphatic rings. The first-order valence-corrected chi connectivity index (χ1v) is 5.03. The van der Waals surface area contributed by atoms with E-state index in [1.807, 2.05) is 27.7 Å². The lowest BCUT2D eigenvalue weighted by Crippen LogP contribution is -2.27. The van der Waals surface area contributed by atoms with E-state index >= 15 is 0 Å². The number of hydrogen-bond acceptors (Lipinski definition) is 4. The summed E-state index contributed by atoms with van der Waals surface area (Å²) in [4.78, 5) is 0. The molecule has 0 bridgehead atoms. The van der Waals surface area contributed by atoms with E-state index in [4.69, 9.17) is 5.73 Å². The Morgan fingerprint density at radius 2 is 2.00 bits per heavy atom. The zero-order valence-electron chi connectivity index (χ0n) is 10.00. The van der Waals surface area contributed by atoms with Gasteiger partial charge in [0.2, 0.25) is 0 Å². The van der Waals surface area contributed by atoms with Crippen LogP contribution in [-0.4, -0.2) is 21.1 Å². The number of aliphatic hydroxyl groups is 1. The third-order valence-electron chi connectivity index (χ3n) is 2.09. The Bertz CT molecular complexity index is 349. The monoisotopic (exact) mass is 212 g/mol. The number of hydrogen-bond donors (Lipinski definition) is 3. The first-order valence-electron chi connectivity index (χ1n) is 5.03. The molecule has 0 amide bonds. The van der Waals surface area contributed by atoms with E-state index in [1.54, 1.807) is 11.6 Å². The summed E-state index contributed by atoms with van der Waals surface area (Å²) in [5.74, 6) is 0.676. The van der Waals surface area contributed by atoms with Crippen LogP contribution in [0, 0.1) is 6.92 Å². The summed E-state index contributed by atoms with van der Waals surface area (Å²) < 4.78 is 1.80. The topological polar surface area (TPSA) is 76.1 Å². The van der Waals surface area contributed by atoms with Crippen LogP contribution in [0.3, 0.4) is 0 Å². The van der Waals surface area contributed by atoms with Crippen molar-refractivity contribution in [2.24, 2.45) is 0 Å². The van der Waals surface area contributed by atoms with Crippen LogP contribution in [0.15, 0.2) is 0 Å². The Morgan fingerprint density at radius 1 is 1.47 bits per heavy atom. The van der Waals surface area contributed by atoms with Crippen molar-refractivity contribution in [1.82, 2.24) is 9.78 Å². The average Bonchev–Trinajstić information content (AvgIpc) is 2.30. The number of rotatable bonds is 2. The van der Waals surface area contributed by atoms with E-state index in [1.165, 1.54) is 0 Å². The van der Waals surface area contributed by atoms with Crippen LogP contribution >= 0.6 is 0 Å². The van der Waals surface area contributed by atoms with Gasteiger partial charge < -0.3 is 16.2 Å². The van der Waals surface area contributed by atoms with Crippen LogP contribution in [0.4, 0.5) is 11.5 Å². The van der Waals surface area contributed by atoms with Gasteiger partial charge in [-0.15, -0.1) is 0 Å². The van der Waals surface area contributed by atoms with Crippen LogP contribution in [0.2, 0.25) is 0 Å². The van der Waals surface area contributed by atoms with Gasteiger partial charge in [-0.25, -0.2) is 4.68 Å². The Labute approximate surface area is 90.3 Å². The van der Waals surface area contributed by atoms with Crippen molar-refractivity contribution in [3.63, 3.8) is 0 Å². The van der Waals surface area contributed by atoms with Gasteiger partial charge in [0, 0.05) is 0 Å². The molecule has 1 aromatic rings. The Morgan fingerprint density at radius 3 is 2.40 bits per heavy atom. The lowest BCUT2D eigenvalue weighted by molar-refractivity contribution is 0.221. The number of aromatic nitrogens is 2. The first-order chi connectivity index (χ1) is 6.73. The number of aryl methyl sites for hydroxylation is 1. The van der Waals surface area contributed by atoms with E-state index in [0.29, 0.717) is 11.5 Å². The minimum absolute atomic E-state index is 0.167. The van der Waals surface area contributed by atoms with Crippen molar-refractivity contribution in [3.8, 4) is 0 Å². The molecule has 1 aromatic heterocycles. The van der Waals surface area contributed by atoms with Crippen molar-refractivity contribution >= 4 is 11.5 Å². The molecular weight excluding hydrogens is 192 g/mol. The molecule has 0 aliphatic heterocycles. The van der Waals surface area contributed by atoms with Crippen LogP contribution in [0.25, 0.3) is 0 Å². The fourth-order valence-corrected chi connectivity index (χ4v) is 1.36. The summed E-state index contributed by atoms with van der Waals surface area (Å²) in [7, 11) is 0. The van der Waals surface area contributed by atoms with Gasteiger partial charge in [-0.3, -0.25) is 0 Å². The smallest absolute Gasteiger partial charge is 0.150 e. The van der Waals surface area contributed by atoms with Gasteiger partial charge in [-0.05, 0) is 34.6 Å². The summed E-state index contributed by atoms with van der Waals surface area (Å²) in [5, 5.41) is 16.6. The van der Waals surface area contributed by atoms with Crippen molar-refractivity contribution < 1.29 is 5.11 Å². The van der Waals surface area contributed by atoms with Crippen molar-refractivity contribution in [2.75, 3.05) is 11.1 Å². The highest BCUT2D eigenvalue weighted by atomic mass is 16.3. The van der Waals surface area contributed by atoms with Crippen LogP contribution in [-0.2, 0) is 5.54 Å². The van der Waals surface area contributed by atoms with Gasteiger partial charge in [0.1, 0.15) is 6.23 Å². The van der Waals surface area contributed by atoms with Gasteiger partial charge in [-0.2, -0.15) is 5.10 Å². The average molecular weight is 212 g/mol. The normalized spacial score (nSPS) is 14.0. The maximum Gasteiger partial charge on any atom is 0.150 e. The fourth-order valence-electron chi connectivity index (χ4n) is 1.36. The zero-order valence-corrected chi connectivity index (χ0v) is 10.00. The van der Waals surface area contributed by atoms with E-state index in [0.717, 1.165) is 5.69 Å². The summed E-state index contributed by atoms with van der Waals surface area (Å²) in [6, 6.07) is 0. The fraction of sp³-hybridized carbons (Fsp3) is 0.700. The number of nitrogens with two attached hydrogens (primary N) is 1. The molecule has 86 valence electrons. The van der Waals surface area contributed by atoms with E-state index in [-0.39, 0.29) is 5.54 Å². The van der Waals surface area contributed by atoms with E-state index < -0.39 is 6.23 Å². The third-order valence-corrected chi connectivity index (χ3v) is 2.09. The third kappa shape index (κ3) is 2.41. The highest BCUT2D eigenvalue weighted by Crippen LogP contribution is 2.28. The molecule has 0 radical (unpaired) electrons. The Hall–Kier alpha value is -1.23. The second kappa shape index (κ2) is 3.73. The molecule has 0 saturated heterocycles. The molecule has 0 aliphatic carbocycles. The van der Waals surface area contributed by atoms with Crippen molar-refractivity contribution in [3.05, 3.63) is 5.69 Å². The number of nitrogens with zero attached hydrogens (tertiary/aromatic N) is 2. The number of nitrogens with one attached hydrogen (secondary N) is 1. The molecule has 0 spiro atoms. The molecule has 1 rings (SSSR count). The second-order valence-electron chi connectivity index (χ2n) is 4.75. The molecular formula is C10H20N4O. The highest BCUT2D eigenvalue weighted by molar-refractivity contribution is 5.65. The summed E-state index contributed by atoms with van der Waals surface area (Å²) in [5.41, 5.74) is 7.08. The Kier molecular flexibility index (Phi) is 2.95. The molecule has 1 atom stereocenters. The lowest BCUT2D eigenvalue weighted by atomic mass is 10.1. The largest absolute Gasteiger partial charge is 0.394 e. The number of aliphatic hydroxyl groups excluding tert-OH is 1. The van der Waals surface area contributed by atoms with Gasteiger partial charge >= 0.3 is 0 Å². The standard InChI is InChI=1S/C10H20N4O/c1-6-8(11)9(12-7(2)15)14(13-6)10(3,4)5/h7,12,15H,11H2,1-5H3. The maximum atomic E-state index is 9.32. The van der Waals surface area contributed by atoms with Gasteiger partial charge in [0.15, 0.2) is 5.82 Å². The molecule has 1 heterocycles. The van der Waals surface area contributed by atoms with Gasteiger partial charge in [0.25, 0.3) is 0 Å². The predicted octanol–water partition coefficient (Wildman–Crippen LogP) is 1.28. The second-order valence-corrected chi connectivity index (χ2v) is 4.75. The highest BCUT2D eigenvalue weighted by Gasteiger charge is 2.22. The molecule has 4 N–H and O–H groups in total. The number of nitrogen functional groups attached to an aromatic ring is 1. The van der Waals surface area contributed by atoms with Crippen molar-refractivity contribution in [1.29, 1.82) is 0 Å². The molecule has 5 heteroatoms. The molecule has 0 fully saturated rings. The first kappa shape index (κ1) is 11.8. The van der Waals surface area contributed by atoms with Gasteiger partial charge in [0.05, 0.1) is 16.9 Å². The molecule has 5 nitrogen and oxygen atoms in total. The van der Waals surface area contributed by atoms with Gasteiger partial charge in [-0.1, -0.05) is 0 Å². The number of anilines is 2. The molecule has 0 saturated carbocycles. The molecule has 0 aromatic carbocycles. The molecule has 1 unspecified atom stereocenters. The van der Waals surface area contributed by atoms with E-state index in [2.05, 4.69) is 10.4 Å². The summed E-state index contributed by atoms with van der Waals surface area (Å²) in [6.45, 7) is 9.60. The summed E-state index contributed by atoms with van der Waals surface area (Å²) in [6.07, 6.45) is -0.649. The van der Waals surface area contributed by atoms with Crippen molar-refractivity contribution in [2.45, 2.75) is 46.4 Å². The predicted molar refractivity (Wildman–Crippen MR) is 61.7 cm³/mol. The lowest BCUT2D eigenvalue weighted by Gasteiger charge is -2.23.